The van der Waals surface area contributed by atoms with E-state index in [1.165, 1.54) is 6.08 Å². The summed E-state index contributed by atoms with van der Waals surface area (Å²) in [5, 5.41) is 12.2. The second-order valence-corrected chi connectivity index (χ2v) is 8.68. The molecule has 0 saturated carbocycles. The lowest BCUT2D eigenvalue weighted by Gasteiger charge is -2.33. The van der Waals surface area contributed by atoms with Gasteiger partial charge in [0.2, 0.25) is 11.9 Å². The molecule has 5 rings (SSSR count). The van der Waals surface area contributed by atoms with Gasteiger partial charge in [-0.25, -0.2) is 0 Å². The highest BCUT2D eigenvalue weighted by molar-refractivity contribution is 5.89. The van der Waals surface area contributed by atoms with Gasteiger partial charge < -0.3 is 25.3 Å². The summed E-state index contributed by atoms with van der Waals surface area (Å²) in [6, 6.07) is 2.07. The molecule has 0 bridgehead atoms. The molecule has 0 radical (unpaired) electrons. The van der Waals surface area contributed by atoms with Crippen molar-refractivity contribution < 1.29 is 9.53 Å². The maximum atomic E-state index is 12.1. The van der Waals surface area contributed by atoms with E-state index in [0.717, 1.165) is 81.3 Å². The molecule has 180 valence electrons. The summed E-state index contributed by atoms with van der Waals surface area (Å²) in [6.07, 6.45) is 8.89. The lowest BCUT2D eigenvalue weighted by molar-refractivity contribution is -0.127. The van der Waals surface area contributed by atoms with Crippen LogP contribution in [0.3, 0.4) is 0 Å². The number of rotatable bonds is 8. The highest BCUT2D eigenvalue weighted by atomic mass is 16.5. The van der Waals surface area contributed by atoms with Crippen LogP contribution in [0, 0.1) is 0 Å². The van der Waals surface area contributed by atoms with Gasteiger partial charge in [0.15, 0.2) is 0 Å². The highest BCUT2D eigenvalue weighted by Crippen LogP contribution is 2.25. The zero-order chi connectivity index (χ0) is 23.3. The second kappa shape index (κ2) is 10.2. The maximum absolute atomic E-state index is 12.1. The normalized spacial score (nSPS) is 19.3. The lowest BCUT2D eigenvalue weighted by atomic mass is 10.1. The smallest absolute Gasteiger partial charge is 0.246 e. The quantitative estimate of drug-likeness (QED) is 0.432. The Balaban J connectivity index is 1.26. The summed E-state index contributed by atoms with van der Waals surface area (Å²) in [5.74, 6) is 1.19. The van der Waals surface area contributed by atoms with Gasteiger partial charge in [-0.3, -0.25) is 14.4 Å². The van der Waals surface area contributed by atoms with Crippen LogP contribution >= 0.6 is 0 Å². The predicted octanol–water partition coefficient (Wildman–Crippen LogP) is 1.82. The van der Waals surface area contributed by atoms with Gasteiger partial charge in [-0.2, -0.15) is 15.1 Å². The molecule has 1 atom stereocenters. The number of likely N-dealkylation sites (tertiary alicyclic amines) is 1. The summed E-state index contributed by atoms with van der Waals surface area (Å²) < 4.78 is 7.34. The average Bonchev–Trinajstić information content (AvgIpc) is 3.53. The van der Waals surface area contributed by atoms with E-state index < -0.39 is 0 Å². The lowest BCUT2D eigenvalue weighted by Crippen LogP contribution is -2.44. The molecule has 1 unspecified atom stereocenters. The topological polar surface area (TPSA) is 116 Å². The Labute approximate surface area is 198 Å². The Morgan fingerprint density at radius 2 is 2.15 bits per heavy atom. The standard InChI is InChI=1S/C23H31N9O2/c1-2-20(33)31-7-3-4-17(15-31)26-22-19-5-6-24-21(19)28-23(29-22)27-18-14-25-32(16-18)9-8-30-10-12-34-13-11-30/h2,5-6,14,16-17H,1,3-4,7-13,15H2,(H3,24,26,27,28,29). The van der Waals surface area contributed by atoms with Crippen LogP contribution in [0.4, 0.5) is 17.5 Å². The summed E-state index contributed by atoms with van der Waals surface area (Å²) in [5.41, 5.74) is 1.58. The minimum atomic E-state index is -0.0334. The number of morpholine rings is 1. The van der Waals surface area contributed by atoms with Crippen molar-refractivity contribution in [2.24, 2.45) is 0 Å². The largest absolute Gasteiger partial charge is 0.379 e. The summed E-state index contributed by atoms with van der Waals surface area (Å²) in [7, 11) is 0. The highest BCUT2D eigenvalue weighted by Gasteiger charge is 2.23. The number of aromatic amines is 1. The summed E-state index contributed by atoms with van der Waals surface area (Å²) in [4.78, 5) is 28.8. The molecule has 2 fully saturated rings. The molecule has 11 heteroatoms. The van der Waals surface area contributed by atoms with Crippen LogP contribution < -0.4 is 10.6 Å². The molecule has 2 aliphatic heterocycles. The van der Waals surface area contributed by atoms with Crippen LogP contribution in [0.1, 0.15) is 12.8 Å². The van der Waals surface area contributed by atoms with Crippen molar-refractivity contribution in [3.63, 3.8) is 0 Å². The van der Waals surface area contributed by atoms with Crippen molar-refractivity contribution in [2.75, 3.05) is 56.6 Å². The molecule has 0 aliphatic carbocycles. The SMILES string of the molecule is C=CC(=O)N1CCCC(Nc2nc(Nc3cnn(CCN4CCOCC4)c3)nc3[nH]ccc23)C1. The third-order valence-electron chi connectivity index (χ3n) is 6.30. The van der Waals surface area contributed by atoms with Crippen molar-refractivity contribution in [3.8, 4) is 0 Å². The molecule has 3 N–H and O–H groups in total. The van der Waals surface area contributed by atoms with Gasteiger partial charge in [-0.1, -0.05) is 6.58 Å². The van der Waals surface area contributed by atoms with E-state index in [1.54, 1.807) is 6.20 Å². The van der Waals surface area contributed by atoms with Gasteiger partial charge >= 0.3 is 0 Å². The minimum Gasteiger partial charge on any atom is -0.379 e. The van der Waals surface area contributed by atoms with Gasteiger partial charge in [0.05, 0.1) is 37.0 Å². The molecule has 34 heavy (non-hydrogen) atoms. The number of carbonyl (C=O) groups excluding carboxylic acids is 1. The first-order chi connectivity index (χ1) is 16.7. The van der Waals surface area contributed by atoms with Crippen molar-refractivity contribution >= 4 is 34.4 Å². The van der Waals surface area contributed by atoms with E-state index in [1.807, 2.05) is 28.0 Å². The van der Waals surface area contributed by atoms with Gasteiger partial charge in [0.25, 0.3) is 0 Å². The Hall–Kier alpha value is -3.44. The first-order valence-electron chi connectivity index (χ1n) is 11.8. The summed E-state index contributed by atoms with van der Waals surface area (Å²) >= 11 is 0. The zero-order valence-corrected chi connectivity index (χ0v) is 19.2. The number of amides is 1. The molecule has 3 aromatic rings. The van der Waals surface area contributed by atoms with Crippen LogP contribution in [0.2, 0.25) is 0 Å². The fourth-order valence-electron chi connectivity index (χ4n) is 4.47. The number of carbonyl (C=O) groups is 1. The molecule has 2 saturated heterocycles. The molecular weight excluding hydrogens is 434 g/mol. The van der Waals surface area contributed by atoms with E-state index in [0.29, 0.717) is 12.5 Å². The molecular formula is C23H31N9O2. The number of H-pyrrole nitrogens is 1. The third kappa shape index (κ3) is 5.20. The van der Waals surface area contributed by atoms with E-state index in [4.69, 9.17) is 9.72 Å². The Morgan fingerprint density at radius 3 is 3.00 bits per heavy atom. The van der Waals surface area contributed by atoms with Crippen LogP contribution in [0.5, 0.6) is 0 Å². The number of ether oxygens (including phenoxy) is 1. The Morgan fingerprint density at radius 1 is 1.26 bits per heavy atom. The Bertz CT molecular complexity index is 1130. The number of hydrogen-bond acceptors (Lipinski definition) is 8. The molecule has 2 aliphatic rings. The van der Waals surface area contributed by atoms with Crippen LogP contribution in [-0.2, 0) is 16.1 Å². The zero-order valence-electron chi connectivity index (χ0n) is 19.2. The monoisotopic (exact) mass is 465 g/mol. The number of nitrogens with zero attached hydrogens (tertiary/aromatic N) is 6. The van der Waals surface area contributed by atoms with Gasteiger partial charge in [0, 0.05) is 51.2 Å². The predicted molar refractivity (Wildman–Crippen MR) is 130 cm³/mol. The molecule has 1 amide bonds. The van der Waals surface area contributed by atoms with E-state index in [-0.39, 0.29) is 11.9 Å². The summed E-state index contributed by atoms with van der Waals surface area (Å²) in [6.45, 7) is 10.3. The van der Waals surface area contributed by atoms with Gasteiger partial charge in [-0.15, -0.1) is 0 Å². The van der Waals surface area contributed by atoms with Crippen LogP contribution in [-0.4, -0.2) is 92.4 Å². The van der Waals surface area contributed by atoms with Gasteiger partial charge in [0.1, 0.15) is 11.5 Å². The number of aromatic nitrogens is 5. The molecule has 11 nitrogen and oxygen atoms in total. The Kier molecular flexibility index (Phi) is 6.72. The number of fused-ring (bicyclic) bond motifs is 1. The molecule has 0 spiro atoms. The fourth-order valence-corrected chi connectivity index (χ4v) is 4.47. The van der Waals surface area contributed by atoms with Crippen molar-refractivity contribution in [3.05, 3.63) is 37.3 Å². The number of piperidine rings is 1. The number of anilines is 3. The first-order valence-corrected chi connectivity index (χ1v) is 11.8. The van der Waals surface area contributed by atoms with Crippen molar-refractivity contribution in [2.45, 2.75) is 25.4 Å². The van der Waals surface area contributed by atoms with Crippen molar-refractivity contribution in [1.29, 1.82) is 0 Å². The second-order valence-electron chi connectivity index (χ2n) is 8.68. The molecule has 0 aromatic carbocycles. The molecule has 5 heterocycles. The fraction of sp³-hybridized carbons (Fsp3) is 0.478. The van der Waals surface area contributed by atoms with Crippen molar-refractivity contribution in [1.82, 2.24) is 34.5 Å². The third-order valence-corrected chi connectivity index (χ3v) is 6.30. The van der Waals surface area contributed by atoms with E-state index >= 15 is 0 Å². The molecule has 3 aromatic heterocycles. The van der Waals surface area contributed by atoms with E-state index in [2.05, 4.69) is 37.2 Å². The maximum Gasteiger partial charge on any atom is 0.246 e. The number of hydrogen-bond donors (Lipinski definition) is 3. The van der Waals surface area contributed by atoms with E-state index in [9.17, 15) is 4.79 Å². The van der Waals surface area contributed by atoms with Crippen LogP contribution in [0.15, 0.2) is 37.3 Å². The first kappa shape index (κ1) is 22.4. The minimum absolute atomic E-state index is 0.0334. The number of nitrogens with one attached hydrogen (secondary N) is 3. The van der Waals surface area contributed by atoms with Crippen LogP contribution in [0.25, 0.3) is 11.0 Å². The van der Waals surface area contributed by atoms with Gasteiger partial charge in [-0.05, 0) is 25.0 Å². The average molecular weight is 466 g/mol.